The third-order valence-electron chi connectivity index (χ3n) is 3.18. The van der Waals surface area contributed by atoms with E-state index >= 15 is 0 Å². The molecule has 0 atom stereocenters. The molecule has 0 unspecified atom stereocenters. The largest absolute Gasteiger partial charge is 0.363 e. The van der Waals surface area contributed by atoms with E-state index in [2.05, 4.69) is 48.2 Å². The summed E-state index contributed by atoms with van der Waals surface area (Å²) in [6.45, 7) is 5.99. The second-order valence-corrected chi connectivity index (χ2v) is 6.37. The fraction of sp³-hybridized carbons (Fsp3) is 0.571. The molecule has 2 aromatic heterocycles. The molecule has 1 N–H and O–H groups in total. The molecule has 0 aliphatic carbocycles. The molecule has 0 saturated heterocycles. The average molecular weight is 293 g/mol. The Morgan fingerprint density at radius 1 is 1.35 bits per heavy atom. The first kappa shape index (κ1) is 15.0. The number of aromatic nitrogens is 3. The Balaban J connectivity index is 2.15. The van der Waals surface area contributed by atoms with Crippen molar-refractivity contribution in [2.75, 3.05) is 19.0 Å². The van der Waals surface area contributed by atoms with Gasteiger partial charge in [0, 0.05) is 51.4 Å². The van der Waals surface area contributed by atoms with Crippen LogP contribution in [0.2, 0.25) is 0 Å². The van der Waals surface area contributed by atoms with Crippen molar-refractivity contribution in [1.82, 2.24) is 20.1 Å². The lowest BCUT2D eigenvalue weighted by atomic mass is 10.1. The third kappa shape index (κ3) is 3.19. The first-order valence-corrected chi connectivity index (χ1v) is 7.70. The molecule has 0 radical (unpaired) electrons. The van der Waals surface area contributed by atoms with Crippen LogP contribution in [0.4, 0.5) is 5.82 Å². The number of aryl methyl sites for hydroxylation is 1. The van der Waals surface area contributed by atoms with E-state index in [4.69, 9.17) is 0 Å². The summed E-state index contributed by atoms with van der Waals surface area (Å²) in [5.41, 5.74) is 2.45. The minimum atomic E-state index is 0.423. The molecule has 0 fully saturated rings. The number of nitrogens with zero attached hydrogens (tertiary/aromatic N) is 4. The zero-order valence-electron chi connectivity index (χ0n) is 12.8. The lowest BCUT2D eigenvalue weighted by Crippen LogP contribution is -2.19. The van der Waals surface area contributed by atoms with Crippen LogP contribution in [-0.2, 0) is 20.1 Å². The van der Waals surface area contributed by atoms with Gasteiger partial charge in [0.1, 0.15) is 10.8 Å². The molecule has 0 aromatic carbocycles. The summed E-state index contributed by atoms with van der Waals surface area (Å²) in [6.07, 6.45) is 1.84. The van der Waals surface area contributed by atoms with Crippen LogP contribution in [0.5, 0.6) is 0 Å². The molecule has 110 valence electrons. The number of nitrogens with one attached hydrogen (secondary N) is 1. The Kier molecular flexibility index (Phi) is 4.77. The van der Waals surface area contributed by atoms with E-state index in [9.17, 15) is 0 Å². The van der Waals surface area contributed by atoms with Crippen LogP contribution in [0.3, 0.4) is 0 Å². The van der Waals surface area contributed by atoms with E-state index in [1.165, 1.54) is 17.1 Å². The summed E-state index contributed by atoms with van der Waals surface area (Å²) < 4.78 is 1.97. The van der Waals surface area contributed by atoms with Gasteiger partial charge in [-0.2, -0.15) is 5.10 Å². The highest BCUT2D eigenvalue weighted by molar-refractivity contribution is 7.09. The normalized spacial score (nSPS) is 11.3. The summed E-state index contributed by atoms with van der Waals surface area (Å²) >= 11 is 1.68. The standard InChI is InChI=1S/C14H23N5S/c1-10(2)13-11(14(18(3)4)19(5)17-13)8-15-9-12-16-6-7-20-12/h6-7,10,15H,8-9H2,1-5H3. The number of hydrogen-bond acceptors (Lipinski definition) is 5. The van der Waals surface area contributed by atoms with Crippen LogP contribution < -0.4 is 10.2 Å². The Labute approximate surface area is 124 Å². The van der Waals surface area contributed by atoms with Gasteiger partial charge < -0.3 is 10.2 Å². The number of hydrogen-bond donors (Lipinski definition) is 1. The van der Waals surface area contributed by atoms with Gasteiger partial charge in [-0.25, -0.2) is 4.98 Å². The molecule has 6 heteroatoms. The van der Waals surface area contributed by atoms with Crippen LogP contribution in [0.25, 0.3) is 0 Å². The van der Waals surface area contributed by atoms with Gasteiger partial charge in [-0.3, -0.25) is 4.68 Å². The van der Waals surface area contributed by atoms with Crippen molar-refractivity contribution in [1.29, 1.82) is 0 Å². The molecule has 0 spiro atoms. The quantitative estimate of drug-likeness (QED) is 0.888. The van der Waals surface area contributed by atoms with E-state index < -0.39 is 0 Å². The molecule has 0 aliphatic rings. The van der Waals surface area contributed by atoms with Gasteiger partial charge in [-0.15, -0.1) is 11.3 Å². The molecule has 20 heavy (non-hydrogen) atoms. The lowest BCUT2D eigenvalue weighted by Gasteiger charge is -2.16. The van der Waals surface area contributed by atoms with Crippen molar-refractivity contribution in [2.45, 2.75) is 32.9 Å². The van der Waals surface area contributed by atoms with Crippen LogP contribution in [0.15, 0.2) is 11.6 Å². The molecular formula is C14H23N5S. The Bertz CT molecular complexity index is 542. The molecule has 5 nitrogen and oxygen atoms in total. The van der Waals surface area contributed by atoms with Gasteiger partial charge >= 0.3 is 0 Å². The average Bonchev–Trinajstić information content (AvgIpc) is 2.97. The van der Waals surface area contributed by atoms with Crippen molar-refractivity contribution in [3.05, 3.63) is 27.8 Å². The minimum absolute atomic E-state index is 0.423. The van der Waals surface area contributed by atoms with Crippen molar-refractivity contribution >= 4 is 17.2 Å². The Morgan fingerprint density at radius 3 is 2.65 bits per heavy atom. The molecule has 2 rings (SSSR count). The fourth-order valence-electron chi connectivity index (χ4n) is 2.41. The predicted molar refractivity (Wildman–Crippen MR) is 84.3 cm³/mol. The summed E-state index contributed by atoms with van der Waals surface area (Å²) in [7, 11) is 6.13. The monoisotopic (exact) mass is 293 g/mol. The maximum absolute atomic E-state index is 4.67. The molecule has 2 heterocycles. The summed E-state index contributed by atoms with van der Waals surface area (Å²) in [5, 5.41) is 11.3. The van der Waals surface area contributed by atoms with Crippen LogP contribution >= 0.6 is 11.3 Å². The van der Waals surface area contributed by atoms with E-state index in [0.717, 1.165) is 18.1 Å². The smallest absolute Gasteiger partial charge is 0.130 e. The van der Waals surface area contributed by atoms with Crippen LogP contribution in [-0.4, -0.2) is 28.9 Å². The van der Waals surface area contributed by atoms with Crippen molar-refractivity contribution in [3.8, 4) is 0 Å². The van der Waals surface area contributed by atoms with Gasteiger partial charge in [-0.1, -0.05) is 13.8 Å². The number of rotatable bonds is 6. The molecule has 0 amide bonds. The van der Waals surface area contributed by atoms with Gasteiger partial charge in [0.15, 0.2) is 0 Å². The van der Waals surface area contributed by atoms with E-state index in [1.54, 1.807) is 11.3 Å². The second kappa shape index (κ2) is 6.37. The maximum atomic E-state index is 4.67. The van der Waals surface area contributed by atoms with Gasteiger partial charge in [0.05, 0.1) is 5.69 Å². The minimum Gasteiger partial charge on any atom is -0.363 e. The van der Waals surface area contributed by atoms with Crippen LogP contribution in [0.1, 0.15) is 36.0 Å². The highest BCUT2D eigenvalue weighted by atomic mass is 32.1. The predicted octanol–water partition coefficient (Wildman–Crippen LogP) is 2.36. The van der Waals surface area contributed by atoms with Gasteiger partial charge in [0.25, 0.3) is 0 Å². The summed E-state index contributed by atoms with van der Waals surface area (Å²) in [4.78, 5) is 6.42. The van der Waals surface area contributed by atoms with E-state index in [0.29, 0.717) is 5.92 Å². The first-order chi connectivity index (χ1) is 9.50. The van der Waals surface area contributed by atoms with Crippen molar-refractivity contribution in [3.63, 3.8) is 0 Å². The molecule has 2 aromatic rings. The molecular weight excluding hydrogens is 270 g/mol. The SMILES string of the molecule is CC(C)c1nn(C)c(N(C)C)c1CNCc1nccs1. The highest BCUT2D eigenvalue weighted by Gasteiger charge is 2.19. The zero-order chi connectivity index (χ0) is 14.7. The topological polar surface area (TPSA) is 46.0 Å². The molecule has 0 saturated carbocycles. The number of thiazole rings is 1. The fourth-order valence-corrected chi connectivity index (χ4v) is 2.99. The number of anilines is 1. The van der Waals surface area contributed by atoms with Gasteiger partial charge in [0.2, 0.25) is 0 Å². The Morgan fingerprint density at radius 2 is 2.10 bits per heavy atom. The summed E-state index contributed by atoms with van der Waals surface area (Å²) in [6, 6.07) is 0. The maximum Gasteiger partial charge on any atom is 0.130 e. The Hall–Kier alpha value is -1.40. The van der Waals surface area contributed by atoms with Crippen LogP contribution in [0, 0.1) is 0 Å². The summed E-state index contributed by atoms with van der Waals surface area (Å²) in [5.74, 6) is 1.59. The third-order valence-corrected chi connectivity index (χ3v) is 3.95. The second-order valence-electron chi connectivity index (χ2n) is 5.39. The van der Waals surface area contributed by atoms with Crippen molar-refractivity contribution in [2.24, 2.45) is 7.05 Å². The van der Waals surface area contributed by atoms with E-state index in [1.807, 2.05) is 23.3 Å². The van der Waals surface area contributed by atoms with Crippen molar-refractivity contribution < 1.29 is 0 Å². The highest BCUT2D eigenvalue weighted by Crippen LogP contribution is 2.27. The molecule has 0 aliphatic heterocycles. The van der Waals surface area contributed by atoms with E-state index in [-0.39, 0.29) is 0 Å². The zero-order valence-corrected chi connectivity index (χ0v) is 13.7. The first-order valence-electron chi connectivity index (χ1n) is 6.83. The van der Waals surface area contributed by atoms with Gasteiger partial charge in [-0.05, 0) is 5.92 Å². The lowest BCUT2D eigenvalue weighted by molar-refractivity contribution is 0.675. The molecule has 0 bridgehead atoms.